The van der Waals surface area contributed by atoms with Crippen LogP contribution in [0.3, 0.4) is 0 Å². The molecule has 4 heterocycles. The van der Waals surface area contributed by atoms with Gasteiger partial charge in [-0.1, -0.05) is 6.92 Å². The summed E-state index contributed by atoms with van der Waals surface area (Å²) >= 11 is 0. The number of nitrogens with zero attached hydrogens (tertiary/aromatic N) is 4. The minimum atomic E-state index is -0.0199. The Morgan fingerprint density at radius 2 is 2.04 bits per heavy atom. The van der Waals surface area contributed by atoms with E-state index in [9.17, 15) is 4.79 Å². The van der Waals surface area contributed by atoms with Crippen LogP contribution in [0.5, 0.6) is 0 Å². The lowest BCUT2D eigenvalue weighted by atomic mass is 9.78. The number of fused-ring (bicyclic) bond motifs is 3. The van der Waals surface area contributed by atoms with E-state index in [0.717, 1.165) is 82.4 Å². The summed E-state index contributed by atoms with van der Waals surface area (Å²) in [5.74, 6) is 0.101. The van der Waals surface area contributed by atoms with Crippen molar-refractivity contribution in [1.29, 1.82) is 0 Å². The highest BCUT2D eigenvalue weighted by molar-refractivity contribution is 5.94. The van der Waals surface area contributed by atoms with E-state index >= 15 is 0 Å². The first kappa shape index (κ1) is 17.0. The molecular weight excluding hydrogens is 340 g/mol. The van der Waals surface area contributed by atoms with E-state index in [1.807, 2.05) is 11.2 Å². The van der Waals surface area contributed by atoms with Crippen molar-refractivity contribution in [2.45, 2.75) is 57.4 Å². The normalized spacial score (nSPS) is 21.4. The second-order valence-electron chi connectivity index (χ2n) is 8.17. The molecular formula is C20H28N6O. The molecule has 0 atom stereocenters. The van der Waals surface area contributed by atoms with Gasteiger partial charge in [0.2, 0.25) is 0 Å². The molecule has 7 heteroatoms. The fourth-order valence-electron chi connectivity index (χ4n) is 5.40. The number of piperidine rings is 1. The highest BCUT2D eigenvalue weighted by Crippen LogP contribution is 2.42. The fraction of sp³-hybridized carbons (Fsp3) is 0.650. The highest BCUT2D eigenvalue weighted by Gasteiger charge is 2.47. The van der Waals surface area contributed by atoms with Gasteiger partial charge in [0.1, 0.15) is 0 Å². The molecule has 1 fully saturated rings. The van der Waals surface area contributed by atoms with Crippen molar-refractivity contribution < 1.29 is 4.79 Å². The van der Waals surface area contributed by atoms with E-state index in [4.69, 9.17) is 4.98 Å². The van der Waals surface area contributed by atoms with Crippen molar-refractivity contribution in [3.05, 3.63) is 34.7 Å². The first-order valence-corrected chi connectivity index (χ1v) is 10.4. The lowest BCUT2D eigenvalue weighted by molar-refractivity contribution is 0.00686. The Kier molecular flexibility index (Phi) is 4.07. The van der Waals surface area contributed by atoms with Gasteiger partial charge in [0.25, 0.3) is 5.91 Å². The van der Waals surface area contributed by atoms with Gasteiger partial charge in [-0.15, -0.1) is 0 Å². The topological polar surface area (TPSA) is 80.9 Å². The van der Waals surface area contributed by atoms with Gasteiger partial charge in [0.15, 0.2) is 5.69 Å². The number of hydrogen-bond donors (Lipinski definition) is 2. The zero-order valence-electron chi connectivity index (χ0n) is 16.1. The van der Waals surface area contributed by atoms with Crippen LogP contribution >= 0.6 is 0 Å². The molecule has 3 aliphatic rings. The average Bonchev–Trinajstić information content (AvgIpc) is 3.41. The van der Waals surface area contributed by atoms with E-state index in [1.54, 1.807) is 0 Å². The Hall–Kier alpha value is -2.15. The molecule has 0 radical (unpaired) electrons. The number of amides is 1. The molecule has 27 heavy (non-hydrogen) atoms. The van der Waals surface area contributed by atoms with E-state index < -0.39 is 0 Å². The van der Waals surface area contributed by atoms with Crippen LogP contribution in [0.2, 0.25) is 0 Å². The van der Waals surface area contributed by atoms with Crippen molar-refractivity contribution in [3.63, 3.8) is 0 Å². The van der Waals surface area contributed by atoms with Crippen molar-refractivity contribution in [2.24, 2.45) is 0 Å². The molecule has 0 saturated carbocycles. The third kappa shape index (κ3) is 2.55. The molecule has 0 bridgehead atoms. The maximum Gasteiger partial charge on any atom is 0.274 e. The van der Waals surface area contributed by atoms with Gasteiger partial charge in [-0.25, -0.2) is 4.98 Å². The molecule has 7 nitrogen and oxygen atoms in total. The SMILES string of the molecule is CCCN1CCc2[nH]cnc2C12CCN(C(=O)c1n[nH]c3c1CCC3)CC2. The number of aromatic amines is 2. The van der Waals surface area contributed by atoms with Gasteiger partial charge in [-0.05, 0) is 45.1 Å². The van der Waals surface area contributed by atoms with E-state index in [1.165, 1.54) is 11.4 Å². The molecule has 1 aliphatic carbocycles. The minimum Gasteiger partial charge on any atom is -0.348 e. The van der Waals surface area contributed by atoms with E-state index in [2.05, 4.69) is 27.0 Å². The second kappa shape index (κ2) is 6.48. The third-order valence-electron chi connectivity index (χ3n) is 6.78. The van der Waals surface area contributed by atoms with Gasteiger partial charge < -0.3 is 9.88 Å². The number of carbonyl (C=O) groups excluding carboxylic acids is 1. The molecule has 0 aromatic carbocycles. The number of imidazole rings is 1. The first-order valence-electron chi connectivity index (χ1n) is 10.4. The Morgan fingerprint density at radius 1 is 1.19 bits per heavy atom. The Morgan fingerprint density at radius 3 is 2.85 bits per heavy atom. The van der Waals surface area contributed by atoms with Crippen molar-refractivity contribution in [3.8, 4) is 0 Å². The van der Waals surface area contributed by atoms with Crippen LogP contribution < -0.4 is 0 Å². The van der Waals surface area contributed by atoms with Gasteiger partial charge in [0, 0.05) is 43.0 Å². The van der Waals surface area contributed by atoms with Gasteiger partial charge in [0.05, 0.1) is 17.6 Å². The predicted molar refractivity (Wildman–Crippen MR) is 102 cm³/mol. The molecule has 1 saturated heterocycles. The van der Waals surface area contributed by atoms with E-state index in [-0.39, 0.29) is 11.4 Å². The summed E-state index contributed by atoms with van der Waals surface area (Å²) in [5.41, 5.74) is 5.46. The van der Waals surface area contributed by atoms with Crippen LogP contribution in [0.1, 0.15) is 65.7 Å². The molecule has 5 rings (SSSR count). The highest BCUT2D eigenvalue weighted by atomic mass is 16.2. The standard InChI is InChI=1S/C20H28N6O/c1-2-9-26-10-6-16-18(22-13-21-16)20(26)7-11-25(12-8-20)19(27)17-14-4-3-5-15(14)23-24-17/h13H,2-12H2,1H3,(H,21,22)(H,23,24). The van der Waals surface area contributed by atoms with E-state index in [0.29, 0.717) is 5.69 Å². The Balaban J connectivity index is 1.38. The van der Waals surface area contributed by atoms with Crippen molar-refractivity contribution in [2.75, 3.05) is 26.2 Å². The smallest absolute Gasteiger partial charge is 0.274 e. The second-order valence-corrected chi connectivity index (χ2v) is 8.17. The average molecular weight is 368 g/mol. The quantitative estimate of drug-likeness (QED) is 0.869. The number of rotatable bonds is 3. The molecule has 2 N–H and O–H groups in total. The van der Waals surface area contributed by atoms with Crippen LogP contribution in [0.15, 0.2) is 6.33 Å². The van der Waals surface area contributed by atoms with Crippen LogP contribution in [-0.2, 0) is 24.8 Å². The van der Waals surface area contributed by atoms with Crippen LogP contribution in [-0.4, -0.2) is 62.1 Å². The monoisotopic (exact) mass is 368 g/mol. The fourth-order valence-corrected chi connectivity index (χ4v) is 5.40. The van der Waals surface area contributed by atoms with Crippen molar-refractivity contribution >= 4 is 5.91 Å². The number of aromatic nitrogens is 4. The Bertz CT molecular complexity index is 845. The number of hydrogen-bond acceptors (Lipinski definition) is 4. The molecule has 2 aromatic rings. The summed E-state index contributed by atoms with van der Waals surface area (Å²) in [6, 6.07) is 0. The molecule has 0 unspecified atom stereocenters. The van der Waals surface area contributed by atoms with Crippen molar-refractivity contribution in [1.82, 2.24) is 30.0 Å². The van der Waals surface area contributed by atoms with Crippen LogP contribution in [0.25, 0.3) is 0 Å². The predicted octanol–water partition coefficient (Wildman–Crippen LogP) is 2.02. The summed E-state index contributed by atoms with van der Waals surface area (Å²) in [6.07, 6.45) is 9.04. The van der Waals surface area contributed by atoms with Gasteiger partial charge >= 0.3 is 0 Å². The lowest BCUT2D eigenvalue weighted by Crippen LogP contribution is -2.57. The zero-order chi connectivity index (χ0) is 18.4. The summed E-state index contributed by atoms with van der Waals surface area (Å²) in [4.78, 5) is 25.8. The largest absolute Gasteiger partial charge is 0.348 e. The Labute approximate surface area is 159 Å². The lowest BCUT2D eigenvalue weighted by Gasteiger charge is -2.50. The van der Waals surface area contributed by atoms with Gasteiger partial charge in [-0.3, -0.25) is 14.8 Å². The molecule has 1 amide bonds. The third-order valence-corrected chi connectivity index (χ3v) is 6.78. The number of nitrogens with one attached hydrogen (secondary N) is 2. The minimum absolute atomic E-state index is 0.0199. The number of aryl methyl sites for hydroxylation is 1. The molecule has 144 valence electrons. The summed E-state index contributed by atoms with van der Waals surface area (Å²) in [5, 5.41) is 7.42. The summed E-state index contributed by atoms with van der Waals surface area (Å²) in [6.45, 7) is 5.95. The number of carbonyl (C=O) groups is 1. The molecule has 1 spiro atoms. The first-order chi connectivity index (χ1) is 13.2. The molecule has 2 aliphatic heterocycles. The van der Waals surface area contributed by atoms with Crippen LogP contribution in [0.4, 0.5) is 0 Å². The molecule has 2 aromatic heterocycles. The maximum absolute atomic E-state index is 13.1. The van der Waals surface area contributed by atoms with Crippen LogP contribution in [0, 0.1) is 0 Å². The summed E-state index contributed by atoms with van der Waals surface area (Å²) < 4.78 is 0. The summed E-state index contributed by atoms with van der Waals surface area (Å²) in [7, 11) is 0. The number of H-pyrrole nitrogens is 2. The number of likely N-dealkylation sites (tertiary alicyclic amines) is 1. The zero-order valence-corrected chi connectivity index (χ0v) is 16.1. The maximum atomic E-state index is 13.1. The van der Waals surface area contributed by atoms with Gasteiger partial charge in [-0.2, -0.15) is 5.10 Å².